The number of hydrogen-bond donors (Lipinski definition) is 1. The maximum atomic E-state index is 5.66. The number of aryl methyl sites for hydroxylation is 1. The minimum Gasteiger partial charge on any atom is -0.495 e. The molecule has 1 aromatic rings. The highest BCUT2D eigenvalue weighted by atomic mass is 16.5. The topological polar surface area (TPSA) is 48.1 Å². The Morgan fingerprint density at radius 3 is 3.00 bits per heavy atom. The normalized spacial score (nSPS) is 12.5. The highest BCUT2D eigenvalue weighted by Gasteiger charge is 2.03. The van der Waals surface area contributed by atoms with Gasteiger partial charge in [0.25, 0.3) is 0 Å². The third-order valence-corrected chi connectivity index (χ3v) is 1.90. The van der Waals surface area contributed by atoms with Crippen LogP contribution in [0.15, 0.2) is 18.3 Å². The van der Waals surface area contributed by atoms with Gasteiger partial charge in [0.2, 0.25) is 0 Å². The molecule has 0 aliphatic heterocycles. The van der Waals surface area contributed by atoms with Crippen molar-refractivity contribution in [2.75, 3.05) is 7.11 Å². The van der Waals surface area contributed by atoms with Gasteiger partial charge in [-0.05, 0) is 31.9 Å². The van der Waals surface area contributed by atoms with Crippen LogP contribution in [-0.2, 0) is 6.42 Å². The highest BCUT2D eigenvalue weighted by Crippen LogP contribution is 2.16. The van der Waals surface area contributed by atoms with Gasteiger partial charge in [-0.25, -0.2) is 0 Å². The zero-order chi connectivity index (χ0) is 9.68. The van der Waals surface area contributed by atoms with Crippen molar-refractivity contribution in [3.05, 3.63) is 24.0 Å². The van der Waals surface area contributed by atoms with Crippen LogP contribution in [0.25, 0.3) is 0 Å². The van der Waals surface area contributed by atoms with Crippen LogP contribution in [0.3, 0.4) is 0 Å². The smallest absolute Gasteiger partial charge is 0.140 e. The molecule has 2 N–H and O–H groups in total. The van der Waals surface area contributed by atoms with Crippen LogP contribution < -0.4 is 10.5 Å². The second-order valence-electron chi connectivity index (χ2n) is 3.17. The van der Waals surface area contributed by atoms with Gasteiger partial charge in [-0.3, -0.25) is 4.98 Å². The van der Waals surface area contributed by atoms with E-state index in [1.54, 1.807) is 13.3 Å². The van der Waals surface area contributed by atoms with Crippen molar-refractivity contribution >= 4 is 0 Å². The highest BCUT2D eigenvalue weighted by molar-refractivity contribution is 5.26. The first kappa shape index (κ1) is 9.99. The summed E-state index contributed by atoms with van der Waals surface area (Å²) in [6, 6.07) is 4.00. The molecular weight excluding hydrogens is 164 g/mol. The fourth-order valence-electron chi connectivity index (χ4n) is 1.16. The minimum absolute atomic E-state index is 0.215. The summed E-state index contributed by atoms with van der Waals surface area (Å²) in [5.74, 6) is 0.850. The van der Waals surface area contributed by atoms with Gasteiger partial charge >= 0.3 is 0 Å². The number of nitrogens with two attached hydrogens (primary N) is 1. The first-order valence-corrected chi connectivity index (χ1v) is 4.47. The quantitative estimate of drug-likeness (QED) is 0.761. The van der Waals surface area contributed by atoms with Gasteiger partial charge in [0.05, 0.1) is 12.8 Å². The molecule has 0 spiro atoms. The van der Waals surface area contributed by atoms with E-state index < -0.39 is 0 Å². The molecule has 1 rings (SSSR count). The van der Waals surface area contributed by atoms with Crippen LogP contribution in [0, 0.1) is 0 Å². The Morgan fingerprint density at radius 2 is 2.38 bits per heavy atom. The molecule has 0 unspecified atom stereocenters. The Balaban J connectivity index is 2.64. The lowest BCUT2D eigenvalue weighted by Crippen LogP contribution is -2.15. The fraction of sp³-hybridized carbons (Fsp3) is 0.500. The lowest BCUT2D eigenvalue weighted by Gasteiger charge is -2.08. The molecule has 1 aromatic heterocycles. The van der Waals surface area contributed by atoms with E-state index in [9.17, 15) is 0 Å². The second-order valence-corrected chi connectivity index (χ2v) is 3.17. The molecule has 0 aliphatic carbocycles. The fourth-order valence-corrected chi connectivity index (χ4v) is 1.16. The van der Waals surface area contributed by atoms with Gasteiger partial charge in [0.1, 0.15) is 5.75 Å². The predicted molar refractivity (Wildman–Crippen MR) is 52.8 cm³/mol. The van der Waals surface area contributed by atoms with E-state index in [4.69, 9.17) is 10.5 Å². The molecule has 0 bridgehead atoms. The number of rotatable bonds is 4. The monoisotopic (exact) mass is 180 g/mol. The molecule has 3 nitrogen and oxygen atoms in total. The average Bonchev–Trinajstić information content (AvgIpc) is 2.15. The maximum Gasteiger partial charge on any atom is 0.140 e. The largest absolute Gasteiger partial charge is 0.495 e. The van der Waals surface area contributed by atoms with Crippen molar-refractivity contribution in [1.29, 1.82) is 0 Å². The Hall–Kier alpha value is -1.09. The van der Waals surface area contributed by atoms with Crippen molar-refractivity contribution < 1.29 is 4.74 Å². The molecule has 0 aromatic carbocycles. The zero-order valence-electron chi connectivity index (χ0n) is 8.16. The van der Waals surface area contributed by atoms with Crippen molar-refractivity contribution in [2.24, 2.45) is 5.73 Å². The molecule has 0 fully saturated rings. The number of methoxy groups -OCH3 is 1. The van der Waals surface area contributed by atoms with Gasteiger partial charge < -0.3 is 10.5 Å². The summed E-state index contributed by atoms with van der Waals surface area (Å²) in [4.78, 5) is 4.24. The Morgan fingerprint density at radius 1 is 1.62 bits per heavy atom. The summed E-state index contributed by atoms with van der Waals surface area (Å²) in [7, 11) is 1.66. The summed E-state index contributed by atoms with van der Waals surface area (Å²) in [6.07, 6.45) is 3.59. The van der Waals surface area contributed by atoms with Crippen LogP contribution in [0.1, 0.15) is 19.0 Å². The summed E-state index contributed by atoms with van der Waals surface area (Å²) < 4.78 is 5.17. The average molecular weight is 180 g/mol. The number of nitrogens with zero attached hydrogens (tertiary/aromatic N) is 1. The Kier molecular flexibility index (Phi) is 3.71. The van der Waals surface area contributed by atoms with Crippen molar-refractivity contribution in [1.82, 2.24) is 4.98 Å². The van der Waals surface area contributed by atoms with Gasteiger partial charge in [-0.15, -0.1) is 0 Å². The van der Waals surface area contributed by atoms with E-state index in [0.717, 1.165) is 24.3 Å². The second kappa shape index (κ2) is 4.82. The summed E-state index contributed by atoms with van der Waals surface area (Å²) >= 11 is 0. The van der Waals surface area contributed by atoms with Gasteiger partial charge in [-0.1, -0.05) is 0 Å². The zero-order valence-corrected chi connectivity index (χ0v) is 8.16. The molecule has 0 saturated heterocycles. The van der Waals surface area contributed by atoms with Gasteiger partial charge in [-0.2, -0.15) is 0 Å². The van der Waals surface area contributed by atoms with E-state index in [0.29, 0.717) is 0 Å². The van der Waals surface area contributed by atoms with Gasteiger partial charge in [0, 0.05) is 12.2 Å². The Bertz CT molecular complexity index is 261. The van der Waals surface area contributed by atoms with Crippen LogP contribution in [0.2, 0.25) is 0 Å². The minimum atomic E-state index is 0.215. The lowest BCUT2D eigenvalue weighted by molar-refractivity contribution is 0.405. The van der Waals surface area contributed by atoms with Crippen LogP contribution in [0.5, 0.6) is 5.75 Å². The van der Waals surface area contributed by atoms with Crippen LogP contribution in [-0.4, -0.2) is 18.1 Å². The molecule has 1 heterocycles. The van der Waals surface area contributed by atoms with Crippen molar-refractivity contribution in [2.45, 2.75) is 25.8 Å². The number of aromatic nitrogens is 1. The van der Waals surface area contributed by atoms with E-state index >= 15 is 0 Å². The molecule has 13 heavy (non-hydrogen) atoms. The molecule has 0 aliphatic rings. The first-order chi connectivity index (χ1) is 6.24. The third kappa shape index (κ3) is 3.03. The number of hydrogen-bond acceptors (Lipinski definition) is 3. The number of ether oxygens (including phenoxy) is 1. The molecule has 72 valence electrons. The summed E-state index contributed by atoms with van der Waals surface area (Å²) in [5, 5.41) is 0. The van der Waals surface area contributed by atoms with E-state index in [1.165, 1.54) is 0 Å². The van der Waals surface area contributed by atoms with Crippen molar-refractivity contribution in [3.63, 3.8) is 0 Å². The lowest BCUT2D eigenvalue weighted by atomic mass is 10.1. The summed E-state index contributed by atoms with van der Waals surface area (Å²) in [6.45, 7) is 2.00. The first-order valence-electron chi connectivity index (χ1n) is 4.47. The molecule has 0 radical (unpaired) electrons. The van der Waals surface area contributed by atoms with E-state index in [2.05, 4.69) is 4.98 Å². The predicted octanol–water partition coefficient (Wildman–Crippen LogP) is 1.37. The van der Waals surface area contributed by atoms with Crippen molar-refractivity contribution in [3.8, 4) is 5.75 Å². The van der Waals surface area contributed by atoms with E-state index in [1.807, 2.05) is 19.1 Å². The van der Waals surface area contributed by atoms with Crippen LogP contribution in [0.4, 0.5) is 0 Å². The molecule has 0 saturated carbocycles. The Labute approximate surface area is 78.9 Å². The SMILES string of the molecule is COc1cccnc1CC[C@@H](C)N. The number of pyridine rings is 1. The van der Waals surface area contributed by atoms with Crippen LogP contribution >= 0.6 is 0 Å². The van der Waals surface area contributed by atoms with Gasteiger partial charge in [0.15, 0.2) is 0 Å². The standard InChI is InChI=1S/C10H16N2O/c1-8(11)5-6-9-10(13-2)4-3-7-12-9/h3-4,7-8H,5-6,11H2,1-2H3/t8-/m1/s1. The molecular formula is C10H16N2O. The molecule has 0 amide bonds. The van der Waals surface area contributed by atoms with E-state index in [-0.39, 0.29) is 6.04 Å². The maximum absolute atomic E-state index is 5.66. The summed E-state index contributed by atoms with van der Waals surface area (Å²) in [5.41, 5.74) is 6.65. The molecule has 1 atom stereocenters. The third-order valence-electron chi connectivity index (χ3n) is 1.90. The molecule has 3 heteroatoms.